The van der Waals surface area contributed by atoms with Gasteiger partial charge >= 0.3 is 0 Å². The van der Waals surface area contributed by atoms with Gasteiger partial charge in [0.1, 0.15) is 0 Å². The van der Waals surface area contributed by atoms with Crippen molar-refractivity contribution in [2.75, 3.05) is 39.4 Å². The zero-order chi connectivity index (χ0) is 24.1. The third-order valence-corrected chi connectivity index (χ3v) is 7.93. The number of hydrogen-bond acceptors (Lipinski definition) is 6. The Morgan fingerprint density at radius 2 is 1.76 bits per heavy atom. The number of aryl methyl sites for hydroxylation is 1. The lowest BCUT2D eigenvalue weighted by Gasteiger charge is -2.31. The first-order valence-corrected chi connectivity index (χ1v) is 12.7. The predicted octanol–water partition coefficient (Wildman–Crippen LogP) is 0.875. The maximum atomic E-state index is 12.7. The van der Waals surface area contributed by atoms with Crippen molar-refractivity contribution in [3.05, 3.63) is 53.9 Å². The van der Waals surface area contributed by atoms with Gasteiger partial charge in [-0.25, -0.2) is 8.42 Å². The number of amides is 2. The Balaban J connectivity index is 1.27. The van der Waals surface area contributed by atoms with Crippen LogP contribution in [0.5, 0.6) is 0 Å². The van der Waals surface area contributed by atoms with Crippen LogP contribution < -0.4 is 5.32 Å². The van der Waals surface area contributed by atoms with Crippen molar-refractivity contribution in [3.8, 4) is 0 Å². The summed E-state index contributed by atoms with van der Waals surface area (Å²) >= 11 is 0. The average Bonchev–Trinajstić information content (AvgIpc) is 3.30. The minimum absolute atomic E-state index is 0.0155. The summed E-state index contributed by atoms with van der Waals surface area (Å²) in [5, 5.41) is 7.01. The number of rotatable bonds is 6. The topological polar surface area (TPSA) is 114 Å². The van der Waals surface area contributed by atoms with E-state index in [2.05, 4.69) is 10.4 Å². The molecule has 0 spiro atoms. The molecule has 34 heavy (non-hydrogen) atoms. The number of piperidine rings is 1. The molecule has 0 saturated carbocycles. The van der Waals surface area contributed by atoms with Gasteiger partial charge in [-0.1, -0.05) is 12.1 Å². The first kappa shape index (κ1) is 24.1. The van der Waals surface area contributed by atoms with Crippen LogP contribution in [0.4, 0.5) is 0 Å². The van der Waals surface area contributed by atoms with E-state index < -0.39 is 10.0 Å². The number of likely N-dealkylation sites (tertiary alicyclic amines) is 1. The van der Waals surface area contributed by atoms with Crippen molar-refractivity contribution >= 4 is 27.9 Å². The summed E-state index contributed by atoms with van der Waals surface area (Å²) in [5.74, 6) is -0.265. The fourth-order valence-electron chi connectivity index (χ4n) is 4.01. The number of nitrogens with zero attached hydrogens (tertiary/aromatic N) is 4. The van der Waals surface area contributed by atoms with Gasteiger partial charge in [0.05, 0.1) is 29.9 Å². The summed E-state index contributed by atoms with van der Waals surface area (Å²) in [7, 11) is -1.78. The van der Waals surface area contributed by atoms with Crippen molar-refractivity contribution in [1.82, 2.24) is 24.3 Å². The van der Waals surface area contributed by atoms with Crippen molar-refractivity contribution in [2.24, 2.45) is 7.05 Å². The van der Waals surface area contributed by atoms with Gasteiger partial charge in [-0.3, -0.25) is 14.3 Å². The molecule has 10 nitrogen and oxygen atoms in total. The molecular weight excluding hydrogens is 458 g/mol. The van der Waals surface area contributed by atoms with Gasteiger partial charge in [-0.2, -0.15) is 9.40 Å². The fraction of sp³-hybridized carbons (Fsp3) is 0.435. The molecule has 2 amide bonds. The number of hydrogen-bond donors (Lipinski definition) is 1. The van der Waals surface area contributed by atoms with Crippen LogP contribution in [0.25, 0.3) is 6.08 Å². The van der Waals surface area contributed by atoms with E-state index in [9.17, 15) is 18.0 Å². The van der Waals surface area contributed by atoms with Crippen LogP contribution in [0.2, 0.25) is 0 Å². The zero-order valence-corrected chi connectivity index (χ0v) is 19.9. The number of carbonyl (C=O) groups is 2. The summed E-state index contributed by atoms with van der Waals surface area (Å²) in [6.07, 6.45) is 7.75. The summed E-state index contributed by atoms with van der Waals surface area (Å²) in [6, 6.07) is 6.52. The highest BCUT2D eigenvalue weighted by Gasteiger charge is 2.26. The monoisotopic (exact) mass is 487 g/mol. The van der Waals surface area contributed by atoms with Crippen LogP contribution in [-0.2, 0) is 26.6 Å². The molecule has 182 valence electrons. The smallest absolute Gasteiger partial charge is 0.254 e. The Kier molecular flexibility index (Phi) is 7.44. The fourth-order valence-corrected chi connectivity index (χ4v) is 5.42. The van der Waals surface area contributed by atoms with E-state index in [0.717, 1.165) is 5.56 Å². The Labute approximate surface area is 199 Å². The average molecular weight is 488 g/mol. The molecule has 4 rings (SSSR count). The lowest BCUT2D eigenvalue weighted by molar-refractivity contribution is -0.127. The lowest BCUT2D eigenvalue weighted by atomic mass is 10.0. The van der Waals surface area contributed by atoms with E-state index >= 15 is 0 Å². The van der Waals surface area contributed by atoms with Gasteiger partial charge < -0.3 is 15.0 Å². The second-order valence-electron chi connectivity index (χ2n) is 8.39. The lowest BCUT2D eigenvalue weighted by Crippen LogP contribution is -2.46. The molecule has 11 heteroatoms. The molecule has 0 bridgehead atoms. The van der Waals surface area contributed by atoms with Crippen LogP contribution >= 0.6 is 0 Å². The Hall–Kier alpha value is -3.02. The molecular formula is C23H29N5O5S. The van der Waals surface area contributed by atoms with Crippen molar-refractivity contribution < 1.29 is 22.7 Å². The molecule has 3 heterocycles. The summed E-state index contributed by atoms with van der Waals surface area (Å²) in [4.78, 5) is 26.8. The largest absolute Gasteiger partial charge is 0.379 e. The molecule has 0 radical (unpaired) electrons. The van der Waals surface area contributed by atoms with Gasteiger partial charge in [0.25, 0.3) is 5.91 Å². The van der Waals surface area contributed by atoms with Crippen molar-refractivity contribution in [2.45, 2.75) is 23.8 Å². The van der Waals surface area contributed by atoms with Crippen LogP contribution in [0.3, 0.4) is 0 Å². The number of ether oxygens (including phenoxy) is 1. The zero-order valence-electron chi connectivity index (χ0n) is 19.1. The van der Waals surface area contributed by atoms with Crippen LogP contribution in [-0.4, -0.2) is 84.7 Å². The third kappa shape index (κ3) is 5.72. The highest BCUT2D eigenvalue weighted by Crippen LogP contribution is 2.18. The standard InChI is InChI=1S/C23H29N5O5S/c1-26-17-19(16-24-26)23(30)25-20-8-10-27(11-9-20)22(29)7-4-18-2-5-21(6-3-18)34(31,32)28-12-14-33-15-13-28/h2-7,16-17,20H,8-15H2,1H3,(H,25,30)/b7-4+. The number of morpholine rings is 1. The number of nitrogens with one attached hydrogen (secondary N) is 1. The van der Waals surface area contributed by atoms with E-state index in [1.54, 1.807) is 53.2 Å². The Bertz CT molecular complexity index is 1140. The molecule has 2 aliphatic heterocycles. The second-order valence-corrected chi connectivity index (χ2v) is 10.3. The quantitative estimate of drug-likeness (QED) is 0.605. The Morgan fingerprint density at radius 3 is 2.38 bits per heavy atom. The molecule has 1 aromatic carbocycles. The first-order valence-electron chi connectivity index (χ1n) is 11.3. The highest BCUT2D eigenvalue weighted by atomic mass is 32.2. The first-order chi connectivity index (χ1) is 16.3. The SMILES string of the molecule is Cn1cc(C(=O)NC2CCN(C(=O)/C=C/c3ccc(S(=O)(=O)N4CCOCC4)cc3)CC2)cn1. The molecule has 0 unspecified atom stereocenters. The van der Waals surface area contributed by atoms with E-state index in [0.29, 0.717) is 57.8 Å². The number of benzene rings is 1. The minimum Gasteiger partial charge on any atom is -0.379 e. The molecule has 1 aromatic heterocycles. The van der Waals surface area contributed by atoms with Gasteiger partial charge in [0.2, 0.25) is 15.9 Å². The minimum atomic E-state index is -3.54. The van der Waals surface area contributed by atoms with E-state index in [4.69, 9.17) is 4.74 Å². The molecule has 2 fully saturated rings. The van der Waals surface area contributed by atoms with E-state index in [1.165, 1.54) is 16.6 Å². The number of sulfonamides is 1. The molecule has 2 saturated heterocycles. The van der Waals surface area contributed by atoms with E-state index in [-0.39, 0.29) is 22.8 Å². The maximum Gasteiger partial charge on any atom is 0.254 e. The normalized spacial score (nSPS) is 18.3. The molecule has 0 atom stereocenters. The maximum absolute atomic E-state index is 12.7. The van der Waals surface area contributed by atoms with Crippen molar-refractivity contribution in [1.29, 1.82) is 0 Å². The molecule has 0 aliphatic carbocycles. The van der Waals surface area contributed by atoms with Gasteiger partial charge in [0.15, 0.2) is 0 Å². The molecule has 2 aromatic rings. The van der Waals surface area contributed by atoms with Crippen LogP contribution in [0, 0.1) is 0 Å². The van der Waals surface area contributed by atoms with E-state index in [1.807, 2.05) is 0 Å². The summed E-state index contributed by atoms with van der Waals surface area (Å²) < 4.78 is 33.6. The number of carbonyl (C=O) groups excluding carboxylic acids is 2. The summed E-state index contributed by atoms with van der Waals surface area (Å²) in [5.41, 5.74) is 1.26. The van der Waals surface area contributed by atoms with Crippen LogP contribution in [0.1, 0.15) is 28.8 Å². The third-order valence-electron chi connectivity index (χ3n) is 6.02. The summed E-state index contributed by atoms with van der Waals surface area (Å²) in [6.45, 7) is 2.60. The number of aromatic nitrogens is 2. The van der Waals surface area contributed by atoms with Gasteiger partial charge in [0, 0.05) is 51.5 Å². The molecule has 1 N–H and O–H groups in total. The second kappa shape index (κ2) is 10.5. The Morgan fingerprint density at radius 1 is 1.09 bits per heavy atom. The van der Waals surface area contributed by atoms with Gasteiger partial charge in [-0.05, 0) is 36.6 Å². The predicted molar refractivity (Wildman–Crippen MR) is 125 cm³/mol. The highest BCUT2D eigenvalue weighted by molar-refractivity contribution is 7.89. The van der Waals surface area contributed by atoms with Gasteiger partial charge in [-0.15, -0.1) is 0 Å². The van der Waals surface area contributed by atoms with Crippen molar-refractivity contribution in [3.63, 3.8) is 0 Å². The van der Waals surface area contributed by atoms with Crippen LogP contribution in [0.15, 0.2) is 47.6 Å². The molecule has 2 aliphatic rings.